The van der Waals surface area contributed by atoms with Crippen molar-refractivity contribution in [3.05, 3.63) is 33.8 Å². The molecule has 0 aliphatic rings. The van der Waals surface area contributed by atoms with Crippen LogP contribution in [-0.4, -0.2) is 38.0 Å². The predicted octanol–water partition coefficient (Wildman–Crippen LogP) is 2.47. The lowest BCUT2D eigenvalue weighted by molar-refractivity contribution is 0.0796. The molecule has 0 aliphatic heterocycles. The summed E-state index contributed by atoms with van der Waals surface area (Å²) in [5, 5.41) is 3.02. The van der Waals surface area contributed by atoms with E-state index in [1.807, 2.05) is 39.2 Å². The van der Waals surface area contributed by atoms with E-state index in [-0.39, 0.29) is 18.3 Å². The van der Waals surface area contributed by atoms with Crippen molar-refractivity contribution in [3.8, 4) is 0 Å². The Kier molecular flexibility index (Phi) is 7.43. The summed E-state index contributed by atoms with van der Waals surface area (Å²) in [6.45, 7) is 3.51. The average Bonchev–Trinajstić information content (AvgIpc) is 2.25. The monoisotopic (exact) mass is 320 g/mol. The molecule has 0 bridgehead atoms. The summed E-state index contributed by atoms with van der Waals surface area (Å²) in [5.41, 5.74) is 1.85. The Balaban J connectivity index is 0.00000256. The normalized spacial score (nSPS) is 9.65. The predicted molar refractivity (Wildman–Crippen MR) is 77.0 cm³/mol. The highest BCUT2D eigenvalue weighted by molar-refractivity contribution is 9.10. The highest BCUT2D eigenvalue weighted by atomic mass is 79.9. The van der Waals surface area contributed by atoms with Crippen molar-refractivity contribution in [2.24, 2.45) is 0 Å². The largest absolute Gasteiger partial charge is 0.340 e. The maximum absolute atomic E-state index is 12.1. The van der Waals surface area contributed by atoms with Crippen molar-refractivity contribution in [1.29, 1.82) is 0 Å². The summed E-state index contributed by atoms with van der Waals surface area (Å²) in [5.74, 6) is 0.0436. The van der Waals surface area contributed by atoms with Crippen LogP contribution in [0.5, 0.6) is 0 Å². The van der Waals surface area contributed by atoms with Gasteiger partial charge in [-0.25, -0.2) is 0 Å². The van der Waals surface area contributed by atoms with E-state index in [4.69, 9.17) is 0 Å². The van der Waals surface area contributed by atoms with Gasteiger partial charge in [0, 0.05) is 24.6 Å². The van der Waals surface area contributed by atoms with Gasteiger partial charge in [-0.3, -0.25) is 4.79 Å². The van der Waals surface area contributed by atoms with Gasteiger partial charge in [-0.2, -0.15) is 0 Å². The van der Waals surface area contributed by atoms with Crippen molar-refractivity contribution in [2.45, 2.75) is 6.92 Å². The minimum atomic E-state index is 0. The number of nitrogens with zero attached hydrogens (tertiary/aromatic N) is 1. The first kappa shape index (κ1) is 16.4. The van der Waals surface area contributed by atoms with Crippen LogP contribution < -0.4 is 5.32 Å². The van der Waals surface area contributed by atoms with Gasteiger partial charge in [-0.05, 0) is 47.6 Å². The average molecular weight is 322 g/mol. The van der Waals surface area contributed by atoms with Crippen molar-refractivity contribution in [2.75, 3.05) is 27.2 Å². The van der Waals surface area contributed by atoms with E-state index in [2.05, 4.69) is 21.2 Å². The zero-order chi connectivity index (χ0) is 12.1. The molecule has 0 saturated heterocycles. The minimum absolute atomic E-state index is 0. The molecule has 0 radical (unpaired) electrons. The van der Waals surface area contributed by atoms with Crippen LogP contribution in [0.2, 0.25) is 0 Å². The number of aryl methyl sites for hydroxylation is 1. The Labute approximate surface area is 117 Å². The fourth-order valence-corrected chi connectivity index (χ4v) is 2.04. The molecule has 0 heterocycles. The molecule has 0 saturated carbocycles. The lowest BCUT2D eigenvalue weighted by Crippen LogP contribution is -2.32. The number of carbonyl (C=O) groups is 1. The molecule has 3 nitrogen and oxygen atoms in total. The van der Waals surface area contributed by atoms with E-state index in [0.717, 1.165) is 16.6 Å². The first-order valence-corrected chi connectivity index (χ1v) is 6.01. The van der Waals surface area contributed by atoms with Crippen LogP contribution in [0, 0.1) is 6.92 Å². The molecule has 0 aliphatic carbocycles. The van der Waals surface area contributed by atoms with E-state index in [1.54, 1.807) is 4.90 Å². The summed E-state index contributed by atoms with van der Waals surface area (Å²) in [6.07, 6.45) is 0. The molecule has 0 aromatic heterocycles. The van der Waals surface area contributed by atoms with Gasteiger partial charge >= 0.3 is 0 Å². The summed E-state index contributed by atoms with van der Waals surface area (Å²) in [7, 11) is 3.69. The van der Waals surface area contributed by atoms with Gasteiger partial charge < -0.3 is 10.2 Å². The van der Waals surface area contributed by atoms with Crippen LogP contribution in [0.1, 0.15) is 15.9 Å². The van der Waals surface area contributed by atoms with E-state index < -0.39 is 0 Å². The van der Waals surface area contributed by atoms with Gasteiger partial charge in [0.05, 0.1) is 5.56 Å². The van der Waals surface area contributed by atoms with Crippen molar-refractivity contribution in [1.82, 2.24) is 10.2 Å². The van der Waals surface area contributed by atoms with E-state index in [9.17, 15) is 4.79 Å². The second kappa shape index (κ2) is 7.69. The molecule has 0 fully saturated rings. The number of halogens is 2. The second-order valence-corrected chi connectivity index (χ2v) is 4.67. The van der Waals surface area contributed by atoms with E-state index in [1.165, 1.54) is 0 Å². The second-order valence-electron chi connectivity index (χ2n) is 3.81. The van der Waals surface area contributed by atoms with Gasteiger partial charge in [0.1, 0.15) is 0 Å². The summed E-state index contributed by atoms with van der Waals surface area (Å²) in [4.78, 5) is 13.8. The molecule has 1 N–H and O–H groups in total. The molecule has 1 amide bonds. The third-order valence-corrected chi connectivity index (χ3v) is 3.05. The number of hydrogen-bond acceptors (Lipinski definition) is 2. The number of benzene rings is 1. The molecular weight excluding hydrogens is 304 g/mol. The maximum Gasteiger partial charge on any atom is 0.254 e. The van der Waals surface area contributed by atoms with Crippen LogP contribution in [0.25, 0.3) is 0 Å². The zero-order valence-corrected chi connectivity index (χ0v) is 12.7. The van der Waals surface area contributed by atoms with E-state index >= 15 is 0 Å². The molecule has 5 heteroatoms. The van der Waals surface area contributed by atoms with Crippen LogP contribution in [0.15, 0.2) is 22.7 Å². The third kappa shape index (κ3) is 4.66. The third-order valence-electron chi connectivity index (χ3n) is 2.40. The Bertz CT molecular complexity index is 385. The van der Waals surface area contributed by atoms with Crippen LogP contribution >= 0.6 is 28.3 Å². The highest BCUT2D eigenvalue weighted by Crippen LogP contribution is 2.19. The lowest BCUT2D eigenvalue weighted by atomic mass is 10.1. The SMILES string of the molecule is CNCCN(C)C(=O)c1ccc(C)cc1Br.Cl. The quantitative estimate of drug-likeness (QED) is 0.924. The standard InChI is InChI=1S/C12H17BrN2O.ClH/c1-9-4-5-10(11(13)8-9)12(16)15(3)7-6-14-2;/h4-5,8,14H,6-7H2,1-3H3;1H. The van der Waals surface area contributed by atoms with Gasteiger partial charge in [0.2, 0.25) is 0 Å². The number of amides is 1. The number of likely N-dealkylation sites (N-methyl/N-ethyl adjacent to an activating group) is 2. The molecule has 17 heavy (non-hydrogen) atoms. The lowest BCUT2D eigenvalue weighted by Gasteiger charge is -2.17. The van der Waals surface area contributed by atoms with Crippen LogP contribution in [0.3, 0.4) is 0 Å². The van der Waals surface area contributed by atoms with Gasteiger partial charge in [-0.15, -0.1) is 12.4 Å². The first-order chi connectivity index (χ1) is 7.56. The van der Waals surface area contributed by atoms with Gasteiger partial charge in [0.25, 0.3) is 5.91 Å². The first-order valence-electron chi connectivity index (χ1n) is 5.22. The zero-order valence-electron chi connectivity index (χ0n) is 10.3. The van der Waals surface area contributed by atoms with Gasteiger partial charge in [-0.1, -0.05) is 6.07 Å². The molecule has 1 aromatic carbocycles. The summed E-state index contributed by atoms with van der Waals surface area (Å²) in [6, 6.07) is 5.76. The fraction of sp³-hybridized carbons (Fsp3) is 0.417. The van der Waals surface area contributed by atoms with Crippen molar-refractivity contribution >= 4 is 34.2 Å². The number of rotatable bonds is 4. The van der Waals surface area contributed by atoms with E-state index in [0.29, 0.717) is 12.1 Å². The van der Waals surface area contributed by atoms with Gasteiger partial charge in [0.15, 0.2) is 0 Å². The van der Waals surface area contributed by atoms with Crippen LogP contribution in [0.4, 0.5) is 0 Å². The molecule has 1 aromatic rings. The minimum Gasteiger partial charge on any atom is -0.340 e. The molecule has 0 unspecified atom stereocenters. The smallest absolute Gasteiger partial charge is 0.254 e. The maximum atomic E-state index is 12.1. The Morgan fingerprint density at radius 2 is 2.12 bits per heavy atom. The number of hydrogen-bond donors (Lipinski definition) is 1. The van der Waals surface area contributed by atoms with Crippen LogP contribution in [-0.2, 0) is 0 Å². The molecule has 1 rings (SSSR count). The molecule has 96 valence electrons. The Hall–Kier alpha value is -0.580. The Morgan fingerprint density at radius 3 is 2.65 bits per heavy atom. The number of nitrogens with one attached hydrogen (secondary N) is 1. The summed E-state index contributed by atoms with van der Waals surface area (Å²) < 4.78 is 0.855. The fourth-order valence-electron chi connectivity index (χ4n) is 1.38. The number of carbonyl (C=O) groups excluding carboxylic acids is 1. The van der Waals surface area contributed by atoms with Crippen molar-refractivity contribution < 1.29 is 4.79 Å². The molecular formula is C12H18BrClN2O. The highest BCUT2D eigenvalue weighted by Gasteiger charge is 2.13. The summed E-state index contributed by atoms with van der Waals surface area (Å²) >= 11 is 3.42. The van der Waals surface area contributed by atoms with Crippen molar-refractivity contribution in [3.63, 3.8) is 0 Å². The Morgan fingerprint density at radius 1 is 1.47 bits per heavy atom. The molecule has 0 atom stereocenters. The molecule has 0 spiro atoms. The topological polar surface area (TPSA) is 32.3 Å².